The maximum atomic E-state index is 12.4. The van der Waals surface area contributed by atoms with Crippen LogP contribution in [0.25, 0.3) is 0 Å². The summed E-state index contributed by atoms with van der Waals surface area (Å²) in [5.41, 5.74) is 3.65. The molecule has 2 aromatic rings. The van der Waals surface area contributed by atoms with Crippen LogP contribution in [0.5, 0.6) is 5.75 Å². The summed E-state index contributed by atoms with van der Waals surface area (Å²) in [6, 6.07) is 8.43. The predicted molar refractivity (Wildman–Crippen MR) is 89.9 cm³/mol. The van der Waals surface area contributed by atoms with E-state index in [1.54, 1.807) is 19.1 Å². The van der Waals surface area contributed by atoms with Crippen LogP contribution in [-0.4, -0.2) is 20.6 Å². The molecule has 0 aliphatic heterocycles. The van der Waals surface area contributed by atoms with Crippen molar-refractivity contribution < 1.29 is 17.9 Å². The lowest BCUT2D eigenvalue weighted by Crippen LogP contribution is -2.12. The zero-order valence-electron chi connectivity index (χ0n) is 13.9. The molecule has 0 bridgehead atoms. The smallest absolute Gasteiger partial charge is 0.343 e. The molecule has 0 aliphatic carbocycles. The van der Waals surface area contributed by atoms with E-state index in [0.717, 1.165) is 22.9 Å². The molecule has 0 aromatic heterocycles. The van der Waals surface area contributed by atoms with Crippen molar-refractivity contribution in [3.05, 3.63) is 58.1 Å². The van der Waals surface area contributed by atoms with Crippen molar-refractivity contribution in [2.75, 3.05) is 6.26 Å². The Morgan fingerprint density at radius 1 is 0.913 bits per heavy atom. The van der Waals surface area contributed by atoms with Gasteiger partial charge in [0.25, 0.3) is 0 Å². The summed E-state index contributed by atoms with van der Waals surface area (Å²) < 4.78 is 29.1. The zero-order chi connectivity index (χ0) is 17.4. The lowest BCUT2D eigenvalue weighted by molar-refractivity contribution is 0.0732. The molecule has 0 amide bonds. The van der Waals surface area contributed by atoms with Crippen molar-refractivity contribution in [3.63, 3.8) is 0 Å². The molecule has 0 saturated carbocycles. The number of benzene rings is 2. The molecule has 4 nitrogen and oxygen atoms in total. The van der Waals surface area contributed by atoms with Crippen LogP contribution in [0, 0.1) is 27.7 Å². The molecule has 0 heterocycles. The number of carbonyl (C=O) groups is 1. The van der Waals surface area contributed by atoms with E-state index in [-0.39, 0.29) is 10.5 Å². The van der Waals surface area contributed by atoms with Crippen molar-refractivity contribution in [2.45, 2.75) is 32.6 Å². The number of hydrogen-bond donors (Lipinski definition) is 0. The van der Waals surface area contributed by atoms with Crippen molar-refractivity contribution in [1.29, 1.82) is 0 Å². The fraction of sp³-hybridized carbons (Fsp3) is 0.278. The van der Waals surface area contributed by atoms with Gasteiger partial charge in [0.05, 0.1) is 10.5 Å². The van der Waals surface area contributed by atoms with Crippen LogP contribution in [0.2, 0.25) is 0 Å². The van der Waals surface area contributed by atoms with Crippen LogP contribution in [0.3, 0.4) is 0 Å². The van der Waals surface area contributed by atoms with E-state index < -0.39 is 15.8 Å². The van der Waals surface area contributed by atoms with Gasteiger partial charge in [-0.2, -0.15) is 0 Å². The second-order valence-electron chi connectivity index (χ2n) is 5.87. The Kier molecular flexibility index (Phi) is 4.61. The summed E-state index contributed by atoms with van der Waals surface area (Å²) in [5, 5.41) is 0. The molecule has 0 radical (unpaired) electrons. The molecule has 2 rings (SSSR count). The van der Waals surface area contributed by atoms with Gasteiger partial charge in [0, 0.05) is 6.26 Å². The number of esters is 1. The Bertz CT molecular complexity index is 857. The van der Waals surface area contributed by atoms with Gasteiger partial charge >= 0.3 is 5.97 Å². The molecule has 23 heavy (non-hydrogen) atoms. The lowest BCUT2D eigenvalue weighted by atomic mass is 10.1. The average molecular weight is 332 g/mol. The quantitative estimate of drug-likeness (QED) is 0.637. The summed E-state index contributed by atoms with van der Waals surface area (Å²) in [4.78, 5) is 12.5. The highest BCUT2D eigenvalue weighted by Gasteiger charge is 2.17. The number of sulfone groups is 1. The highest BCUT2D eigenvalue weighted by molar-refractivity contribution is 7.90. The van der Waals surface area contributed by atoms with Gasteiger partial charge in [0.1, 0.15) is 5.75 Å². The third kappa shape index (κ3) is 3.79. The summed E-state index contributed by atoms with van der Waals surface area (Å²) in [5.74, 6) is -0.0490. The molecule has 0 aliphatic rings. The van der Waals surface area contributed by atoms with E-state index in [4.69, 9.17) is 4.74 Å². The first-order chi connectivity index (χ1) is 10.6. The van der Waals surface area contributed by atoms with Gasteiger partial charge < -0.3 is 4.74 Å². The molecule has 0 spiro atoms. The standard InChI is InChI=1S/C18H20O4S/c1-11-8-13(3)17(14(4)9-11)22-18(19)15-7-6-12(2)16(10-15)23(5,20)21/h6-10H,1-5H3. The Morgan fingerprint density at radius 3 is 2.00 bits per heavy atom. The molecule has 0 saturated heterocycles. The number of aryl methyl sites for hydroxylation is 4. The monoisotopic (exact) mass is 332 g/mol. The fourth-order valence-electron chi connectivity index (χ4n) is 2.61. The molecule has 0 N–H and O–H groups in total. The molecule has 122 valence electrons. The minimum Gasteiger partial charge on any atom is -0.422 e. The summed E-state index contributed by atoms with van der Waals surface area (Å²) >= 11 is 0. The number of rotatable bonds is 3. The van der Waals surface area contributed by atoms with Gasteiger partial charge in [-0.05, 0) is 56.5 Å². The van der Waals surface area contributed by atoms with Gasteiger partial charge in [-0.25, -0.2) is 13.2 Å². The van der Waals surface area contributed by atoms with Gasteiger partial charge in [-0.15, -0.1) is 0 Å². The molecule has 2 aromatic carbocycles. The van der Waals surface area contributed by atoms with Crippen molar-refractivity contribution in [3.8, 4) is 5.75 Å². The van der Waals surface area contributed by atoms with Gasteiger partial charge in [-0.3, -0.25) is 0 Å². The third-order valence-corrected chi connectivity index (χ3v) is 4.86. The highest BCUT2D eigenvalue weighted by atomic mass is 32.2. The Balaban J connectivity index is 2.40. The predicted octanol–water partition coefficient (Wildman–Crippen LogP) is 3.54. The van der Waals surface area contributed by atoms with Crippen molar-refractivity contribution in [1.82, 2.24) is 0 Å². The summed E-state index contributed by atoms with van der Waals surface area (Å²) in [6.07, 6.45) is 1.12. The van der Waals surface area contributed by atoms with Crippen LogP contribution in [0.4, 0.5) is 0 Å². The zero-order valence-corrected chi connectivity index (χ0v) is 14.7. The van der Waals surface area contributed by atoms with E-state index in [0.29, 0.717) is 11.3 Å². The van der Waals surface area contributed by atoms with Crippen LogP contribution < -0.4 is 4.74 Å². The van der Waals surface area contributed by atoms with Gasteiger partial charge in [0.2, 0.25) is 0 Å². The van der Waals surface area contributed by atoms with E-state index in [9.17, 15) is 13.2 Å². The van der Waals surface area contributed by atoms with Crippen LogP contribution >= 0.6 is 0 Å². The second kappa shape index (κ2) is 6.16. The first-order valence-electron chi connectivity index (χ1n) is 7.20. The molecule has 0 fully saturated rings. The first kappa shape index (κ1) is 17.2. The van der Waals surface area contributed by atoms with E-state index in [2.05, 4.69) is 0 Å². The minimum absolute atomic E-state index is 0.143. The molecular weight excluding hydrogens is 312 g/mol. The van der Waals surface area contributed by atoms with E-state index in [1.165, 1.54) is 6.07 Å². The Morgan fingerprint density at radius 2 is 1.48 bits per heavy atom. The topological polar surface area (TPSA) is 60.4 Å². The van der Waals surface area contributed by atoms with Crippen molar-refractivity contribution >= 4 is 15.8 Å². The van der Waals surface area contributed by atoms with E-state index in [1.807, 2.05) is 32.9 Å². The van der Waals surface area contributed by atoms with Crippen molar-refractivity contribution in [2.24, 2.45) is 0 Å². The molecular formula is C18H20O4S. The summed E-state index contributed by atoms with van der Waals surface area (Å²) in [6.45, 7) is 7.42. The third-order valence-electron chi connectivity index (χ3n) is 3.62. The molecule has 0 unspecified atom stereocenters. The van der Waals surface area contributed by atoms with Crippen LogP contribution in [0.15, 0.2) is 35.2 Å². The number of carbonyl (C=O) groups excluding carboxylic acids is 1. The van der Waals surface area contributed by atoms with Gasteiger partial charge in [-0.1, -0.05) is 23.8 Å². The van der Waals surface area contributed by atoms with Crippen LogP contribution in [-0.2, 0) is 9.84 Å². The Hall–Kier alpha value is -2.14. The normalized spacial score (nSPS) is 11.3. The van der Waals surface area contributed by atoms with Gasteiger partial charge in [0.15, 0.2) is 9.84 Å². The number of ether oxygens (including phenoxy) is 1. The lowest BCUT2D eigenvalue weighted by Gasteiger charge is -2.12. The SMILES string of the molecule is Cc1cc(C)c(OC(=O)c2ccc(C)c(S(C)(=O)=O)c2)c(C)c1. The maximum absolute atomic E-state index is 12.4. The first-order valence-corrected chi connectivity index (χ1v) is 9.09. The maximum Gasteiger partial charge on any atom is 0.343 e. The molecule has 5 heteroatoms. The second-order valence-corrected chi connectivity index (χ2v) is 7.85. The largest absolute Gasteiger partial charge is 0.422 e. The fourth-order valence-corrected chi connectivity index (χ4v) is 3.60. The minimum atomic E-state index is -3.39. The average Bonchev–Trinajstić information content (AvgIpc) is 2.41. The van der Waals surface area contributed by atoms with Crippen LogP contribution in [0.1, 0.15) is 32.6 Å². The van der Waals surface area contributed by atoms with E-state index >= 15 is 0 Å². The highest BCUT2D eigenvalue weighted by Crippen LogP contribution is 2.26. The summed E-state index contributed by atoms with van der Waals surface area (Å²) in [7, 11) is -3.39. The molecule has 0 atom stereocenters. The number of hydrogen-bond acceptors (Lipinski definition) is 4. The Labute approximate surface area is 137 Å².